The van der Waals surface area contributed by atoms with Crippen LogP contribution in [0.15, 0.2) is 36.4 Å². The lowest BCUT2D eigenvalue weighted by molar-refractivity contribution is -0.153. The van der Waals surface area contributed by atoms with Gasteiger partial charge in [-0.3, -0.25) is 14.4 Å². The van der Waals surface area contributed by atoms with Crippen molar-refractivity contribution in [3.63, 3.8) is 0 Å². The monoisotopic (exact) mass is 387 g/mol. The third kappa shape index (κ3) is 5.54. The highest BCUT2D eigenvalue weighted by molar-refractivity contribution is 6.34. The van der Waals surface area contributed by atoms with E-state index in [1.54, 1.807) is 7.11 Å². The van der Waals surface area contributed by atoms with Crippen molar-refractivity contribution in [2.45, 2.75) is 19.3 Å². The first-order valence-electron chi connectivity index (χ1n) is 8.63. The van der Waals surface area contributed by atoms with Crippen molar-refractivity contribution < 1.29 is 34.1 Å². The molecule has 2 rings (SSSR count). The van der Waals surface area contributed by atoms with E-state index in [0.717, 1.165) is 16.3 Å². The molecule has 1 unspecified atom stereocenters. The number of Topliss-reactive ketones (excluding diaryl/α,β-unsaturated/α-hetero) is 1. The lowest BCUT2D eigenvalue weighted by atomic mass is 9.96. The summed E-state index contributed by atoms with van der Waals surface area (Å²) < 4.78 is 5.24. The van der Waals surface area contributed by atoms with E-state index in [9.17, 15) is 19.2 Å². The summed E-state index contributed by atoms with van der Waals surface area (Å²) in [6.45, 7) is 0.260. The summed E-state index contributed by atoms with van der Waals surface area (Å²) in [5, 5.41) is 22.2. The fourth-order valence-electron chi connectivity index (χ4n) is 2.94. The molecule has 8 heteroatoms. The standard InChI is InChI=1S/C20H21NO7/c1-28-15-6-5-12-3-2-4-13(16(12)11-15)7-8-21-17(22)9-14(10-18(23)24)19(25)20(26)27/h2-6,11,14H,7-10H2,1H3,(H,21,22)(H,23,24)(H,26,27). The second-order valence-electron chi connectivity index (χ2n) is 6.27. The van der Waals surface area contributed by atoms with E-state index >= 15 is 0 Å². The minimum Gasteiger partial charge on any atom is -0.497 e. The normalized spacial score (nSPS) is 11.6. The van der Waals surface area contributed by atoms with Gasteiger partial charge in [0.05, 0.1) is 13.5 Å². The number of ketones is 1. The highest BCUT2D eigenvalue weighted by atomic mass is 16.5. The van der Waals surface area contributed by atoms with Crippen molar-refractivity contribution in [3.8, 4) is 5.75 Å². The zero-order chi connectivity index (χ0) is 20.7. The highest BCUT2D eigenvalue weighted by Gasteiger charge is 2.29. The van der Waals surface area contributed by atoms with Crippen molar-refractivity contribution >= 4 is 34.4 Å². The van der Waals surface area contributed by atoms with Crippen LogP contribution in [0.1, 0.15) is 18.4 Å². The molecule has 0 radical (unpaired) electrons. The minimum atomic E-state index is -1.75. The molecule has 0 aliphatic carbocycles. The lowest BCUT2D eigenvalue weighted by Gasteiger charge is -2.12. The Morgan fingerprint density at radius 2 is 1.82 bits per heavy atom. The summed E-state index contributed by atoms with van der Waals surface area (Å²) in [4.78, 5) is 45.2. The molecule has 0 fully saturated rings. The quantitative estimate of drug-likeness (QED) is 0.528. The number of rotatable bonds is 10. The number of fused-ring (bicyclic) bond motifs is 1. The fraction of sp³-hybridized carbons (Fsp3) is 0.300. The molecule has 0 aliphatic rings. The molecule has 0 saturated carbocycles. The van der Waals surface area contributed by atoms with Crippen molar-refractivity contribution in [1.29, 1.82) is 0 Å². The van der Waals surface area contributed by atoms with Gasteiger partial charge in [0.2, 0.25) is 11.7 Å². The van der Waals surface area contributed by atoms with Gasteiger partial charge in [0, 0.05) is 18.9 Å². The molecule has 0 spiro atoms. The number of hydrogen-bond acceptors (Lipinski definition) is 5. The molecule has 1 atom stereocenters. The van der Waals surface area contributed by atoms with Crippen LogP contribution in [-0.4, -0.2) is 47.5 Å². The van der Waals surface area contributed by atoms with Crippen LogP contribution < -0.4 is 10.1 Å². The van der Waals surface area contributed by atoms with Gasteiger partial charge < -0.3 is 20.3 Å². The topological polar surface area (TPSA) is 130 Å². The van der Waals surface area contributed by atoms with E-state index in [4.69, 9.17) is 14.9 Å². The summed E-state index contributed by atoms with van der Waals surface area (Å²) in [7, 11) is 1.58. The molecule has 0 aromatic heterocycles. The van der Waals surface area contributed by atoms with Crippen LogP contribution >= 0.6 is 0 Å². The van der Waals surface area contributed by atoms with E-state index in [1.165, 1.54) is 0 Å². The SMILES string of the molecule is COc1ccc2cccc(CCNC(=O)CC(CC(=O)O)C(=O)C(=O)O)c2c1. The highest BCUT2D eigenvalue weighted by Crippen LogP contribution is 2.24. The third-order valence-electron chi connectivity index (χ3n) is 4.33. The molecule has 0 aliphatic heterocycles. The maximum atomic E-state index is 12.0. The number of aliphatic carboxylic acids is 2. The van der Waals surface area contributed by atoms with E-state index in [1.807, 2.05) is 36.4 Å². The molecule has 3 N–H and O–H groups in total. The van der Waals surface area contributed by atoms with Crippen LogP contribution in [0.25, 0.3) is 10.8 Å². The van der Waals surface area contributed by atoms with Gasteiger partial charge in [-0.1, -0.05) is 24.3 Å². The maximum Gasteiger partial charge on any atom is 0.372 e. The largest absolute Gasteiger partial charge is 0.497 e. The minimum absolute atomic E-state index is 0.260. The Morgan fingerprint density at radius 1 is 1.07 bits per heavy atom. The van der Waals surface area contributed by atoms with Crippen LogP contribution in [0.2, 0.25) is 0 Å². The zero-order valence-corrected chi connectivity index (χ0v) is 15.3. The van der Waals surface area contributed by atoms with Gasteiger partial charge in [0.1, 0.15) is 5.75 Å². The molecular weight excluding hydrogens is 366 g/mol. The molecule has 0 heterocycles. The van der Waals surface area contributed by atoms with E-state index < -0.39 is 42.4 Å². The number of ether oxygens (including phenoxy) is 1. The Bertz CT molecular complexity index is 907. The Morgan fingerprint density at radius 3 is 2.46 bits per heavy atom. The molecule has 8 nitrogen and oxygen atoms in total. The van der Waals surface area contributed by atoms with Crippen LogP contribution in [0.3, 0.4) is 0 Å². The molecular formula is C20H21NO7. The van der Waals surface area contributed by atoms with Crippen LogP contribution in [0, 0.1) is 5.92 Å². The maximum absolute atomic E-state index is 12.0. The van der Waals surface area contributed by atoms with Gasteiger partial charge in [-0.05, 0) is 34.9 Å². The van der Waals surface area contributed by atoms with Crippen molar-refractivity contribution in [1.82, 2.24) is 5.32 Å². The Kier molecular flexibility index (Phi) is 7.08. The summed E-state index contributed by atoms with van der Waals surface area (Å²) in [6.07, 6.45) is -0.685. The number of benzene rings is 2. The van der Waals surface area contributed by atoms with E-state index in [0.29, 0.717) is 12.2 Å². The van der Waals surface area contributed by atoms with E-state index in [2.05, 4.69) is 5.32 Å². The number of carbonyl (C=O) groups excluding carboxylic acids is 2. The summed E-state index contributed by atoms with van der Waals surface area (Å²) in [5.74, 6) is -5.61. The average molecular weight is 387 g/mol. The first kappa shape index (κ1) is 20.9. The summed E-state index contributed by atoms with van der Waals surface area (Å²) in [5.41, 5.74) is 0.986. The molecule has 2 aromatic carbocycles. The van der Waals surface area contributed by atoms with Gasteiger partial charge in [0.25, 0.3) is 0 Å². The van der Waals surface area contributed by atoms with Crippen molar-refractivity contribution in [2.24, 2.45) is 5.92 Å². The number of carboxylic acid groups (broad SMARTS) is 2. The first-order valence-corrected chi connectivity index (χ1v) is 8.63. The molecule has 1 amide bonds. The number of carboxylic acids is 2. The third-order valence-corrected chi connectivity index (χ3v) is 4.33. The second kappa shape index (κ2) is 9.50. The predicted molar refractivity (Wildman–Crippen MR) is 100 cm³/mol. The lowest BCUT2D eigenvalue weighted by Crippen LogP contribution is -2.33. The molecule has 0 saturated heterocycles. The molecule has 2 aromatic rings. The van der Waals surface area contributed by atoms with Crippen LogP contribution in [-0.2, 0) is 25.6 Å². The molecule has 28 heavy (non-hydrogen) atoms. The number of carbonyl (C=O) groups is 4. The van der Waals surface area contributed by atoms with Gasteiger partial charge >= 0.3 is 11.9 Å². The summed E-state index contributed by atoms with van der Waals surface area (Å²) >= 11 is 0. The van der Waals surface area contributed by atoms with Crippen LogP contribution in [0.5, 0.6) is 5.75 Å². The number of amides is 1. The van der Waals surface area contributed by atoms with Crippen molar-refractivity contribution in [2.75, 3.05) is 13.7 Å². The number of nitrogens with one attached hydrogen (secondary N) is 1. The predicted octanol–water partition coefficient (Wildman–Crippen LogP) is 1.64. The van der Waals surface area contributed by atoms with Gasteiger partial charge in [-0.25, -0.2) is 4.79 Å². The van der Waals surface area contributed by atoms with E-state index in [-0.39, 0.29) is 6.54 Å². The Balaban J connectivity index is 1.99. The van der Waals surface area contributed by atoms with Gasteiger partial charge in [0.15, 0.2) is 0 Å². The fourth-order valence-corrected chi connectivity index (χ4v) is 2.94. The van der Waals surface area contributed by atoms with Gasteiger partial charge in [-0.2, -0.15) is 0 Å². The Labute approximate surface area is 161 Å². The smallest absolute Gasteiger partial charge is 0.372 e. The van der Waals surface area contributed by atoms with Gasteiger partial charge in [-0.15, -0.1) is 0 Å². The first-order chi connectivity index (χ1) is 13.3. The molecule has 0 bridgehead atoms. The average Bonchev–Trinajstić information content (AvgIpc) is 2.66. The second-order valence-corrected chi connectivity index (χ2v) is 6.27. The number of hydrogen-bond donors (Lipinski definition) is 3. The Hall–Kier alpha value is -3.42. The molecule has 148 valence electrons. The zero-order valence-electron chi connectivity index (χ0n) is 15.3. The number of methoxy groups -OCH3 is 1. The summed E-state index contributed by atoms with van der Waals surface area (Å²) in [6, 6.07) is 11.5. The van der Waals surface area contributed by atoms with Crippen molar-refractivity contribution in [3.05, 3.63) is 42.0 Å². The van der Waals surface area contributed by atoms with Crippen LogP contribution in [0.4, 0.5) is 0 Å².